The van der Waals surface area contributed by atoms with Crippen molar-refractivity contribution in [2.24, 2.45) is 17.8 Å². The zero-order valence-electron chi connectivity index (χ0n) is 14.1. The molecule has 3 unspecified atom stereocenters. The van der Waals surface area contributed by atoms with E-state index in [1.54, 1.807) is 0 Å². The number of benzene rings is 2. The molecule has 3 nitrogen and oxygen atoms in total. The van der Waals surface area contributed by atoms with Crippen LogP contribution in [0, 0.1) is 17.8 Å². The predicted octanol–water partition coefficient (Wildman–Crippen LogP) is 4.44. The van der Waals surface area contributed by atoms with Crippen LogP contribution in [0.5, 0.6) is 0 Å². The molecule has 2 aromatic rings. The summed E-state index contributed by atoms with van der Waals surface area (Å²) in [6.45, 7) is 0. The number of hydrogen-bond acceptors (Lipinski definition) is 3. The average Bonchev–Trinajstić information content (AvgIpc) is 3.26. The van der Waals surface area contributed by atoms with E-state index in [2.05, 4.69) is 60.7 Å². The molecular weight excluding hydrogens is 312 g/mol. The monoisotopic (exact) mass is 332 g/mol. The highest BCUT2D eigenvalue weighted by Gasteiger charge is 2.76. The summed E-state index contributed by atoms with van der Waals surface area (Å²) in [4.78, 5) is 11.8. The zero-order valence-corrected chi connectivity index (χ0v) is 14.1. The number of hydrogen-bond donors (Lipinski definition) is 0. The first kappa shape index (κ1) is 14.8. The molecule has 4 aliphatic carbocycles. The number of carbonyl (C=O) groups is 1. The molecule has 2 fully saturated rings. The molecule has 0 aromatic heterocycles. The smallest absolute Gasteiger partial charge is 0.438 e. The fourth-order valence-corrected chi connectivity index (χ4v) is 5.36. The molecule has 2 saturated carbocycles. The van der Waals surface area contributed by atoms with Gasteiger partial charge in [0, 0.05) is 17.3 Å². The van der Waals surface area contributed by atoms with Gasteiger partial charge in [-0.3, -0.25) is 0 Å². The summed E-state index contributed by atoms with van der Waals surface area (Å²) in [6.07, 6.45) is 2.80. The van der Waals surface area contributed by atoms with Crippen LogP contribution in [0.4, 0.5) is 4.79 Å². The van der Waals surface area contributed by atoms with Gasteiger partial charge in [-0.25, -0.2) is 4.79 Å². The van der Waals surface area contributed by atoms with E-state index in [4.69, 9.17) is 9.47 Å². The molecule has 4 aliphatic rings. The van der Waals surface area contributed by atoms with Crippen LogP contribution in [-0.2, 0) is 14.9 Å². The van der Waals surface area contributed by atoms with E-state index in [0.717, 1.165) is 6.42 Å². The molecule has 5 atom stereocenters. The van der Waals surface area contributed by atoms with E-state index in [0.29, 0.717) is 11.8 Å². The Labute approximate surface area is 147 Å². The lowest BCUT2D eigenvalue weighted by molar-refractivity contribution is 0.0177. The van der Waals surface area contributed by atoms with Crippen LogP contribution in [0.25, 0.3) is 5.57 Å². The highest BCUT2D eigenvalue weighted by atomic mass is 16.7. The second-order valence-electron chi connectivity index (χ2n) is 7.29. The van der Waals surface area contributed by atoms with Crippen molar-refractivity contribution in [2.75, 3.05) is 7.11 Å². The molecule has 126 valence electrons. The Kier molecular flexibility index (Phi) is 3.08. The van der Waals surface area contributed by atoms with Crippen molar-refractivity contribution in [3.63, 3.8) is 0 Å². The van der Waals surface area contributed by atoms with Crippen molar-refractivity contribution in [3.05, 3.63) is 77.9 Å². The minimum Gasteiger partial charge on any atom is -0.438 e. The third-order valence-electron chi connectivity index (χ3n) is 6.35. The Hall–Kier alpha value is -2.55. The molecule has 0 spiro atoms. The van der Waals surface area contributed by atoms with Gasteiger partial charge in [-0.05, 0) is 29.0 Å². The summed E-state index contributed by atoms with van der Waals surface area (Å²) in [7, 11) is 1.38. The second-order valence-corrected chi connectivity index (χ2v) is 7.29. The van der Waals surface area contributed by atoms with Crippen LogP contribution < -0.4 is 0 Å². The molecule has 0 aliphatic heterocycles. The second kappa shape index (κ2) is 5.22. The van der Waals surface area contributed by atoms with Gasteiger partial charge in [-0.1, -0.05) is 66.7 Å². The average molecular weight is 332 g/mol. The Morgan fingerprint density at radius 3 is 2.36 bits per heavy atom. The Balaban J connectivity index is 1.57. The normalized spacial score (nSPS) is 34.2. The van der Waals surface area contributed by atoms with E-state index in [-0.39, 0.29) is 17.4 Å². The maximum absolute atomic E-state index is 11.8. The number of allylic oxidation sites excluding steroid dienone is 1. The van der Waals surface area contributed by atoms with Crippen molar-refractivity contribution in [2.45, 2.75) is 17.9 Å². The van der Waals surface area contributed by atoms with Gasteiger partial charge in [0.2, 0.25) is 0 Å². The van der Waals surface area contributed by atoms with Crippen LogP contribution in [0.15, 0.2) is 66.7 Å². The van der Waals surface area contributed by atoms with Gasteiger partial charge in [0.25, 0.3) is 0 Å². The molecule has 4 bridgehead atoms. The maximum atomic E-state index is 11.8. The van der Waals surface area contributed by atoms with Crippen molar-refractivity contribution in [3.8, 4) is 0 Å². The first-order valence-corrected chi connectivity index (χ1v) is 8.83. The maximum Gasteiger partial charge on any atom is 0.508 e. The molecule has 0 heterocycles. The topological polar surface area (TPSA) is 35.5 Å². The van der Waals surface area contributed by atoms with Gasteiger partial charge in [-0.15, -0.1) is 0 Å². The number of ether oxygens (including phenoxy) is 2. The van der Waals surface area contributed by atoms with Crippen LogP contribution in [0.2, 0.25) is 0 Å². The molecular formula is C22H20O3. The van der Waals surface area contributed by atoms with Gasteiger partial charge < -0.3 is 9.47 Å². The van der Waals surface area contributed by atoms with Gasteiger partial charge in [0.15, 0.2) is 0 Å². The molecule has 0 saturated heterocycles. The molecule has 0 amide bonds. The Morgan fingerprint density at radius 2 is 1.72 bits per heavy atom. The Bertz CT molecular complexity index is 842. The number of carbonyl (C=O) groups excluding carboxylic acids is 1. The van der Waals surface area contributed by atoms with E-state index in [9.17, 15) is 4.79 Å². The summed E-state index contributed by atoms with van der Waals surface area (Å²) in [5.74, 6) is 1.04. The number of rotatable bonds is 3. The van der Waals surface area contributed by atoms with Crippen molar-refractivity contribution >= 4 is 11.7 Å². The number of methoxy groups -OCH3 is 1. The van der Waals surface area contributed by atoms with E-state index in [1.807, 2.05) is 6.07 Å². The van der Waals surface area contributed by atoms with Crippen LogP contribution in [-0.4, -0.2) is 19.4 Å². The standard InChI is InChI=1S/C22H20O3/c1-24-21(23)25-20-17-13-22(15-10-6-3-7-11-15)18(19(20)22)12-16(17)14-8-4-2-5-9-14/h2-12,17-20H,13H2,1H3/t17?,18?,19?,20-,22+/m1/s1. The largest absolute Gasteiger partial charge is 0.508 e. The summed E-state index contributed by atoms with van der Waals surface area (Å²) in [5.41, 5.74) is 4.05. The minimum absolute atomic E-state index is 0.0992. The molecule has 0 N–H and O–H groups in total. The first-order chi connectivity index (χ1) is 12.3. The molecule has 2 aromatic carbocycles. The van der Waals surface area contributed by atoms with E-state index < -0.39 is 6.16 Å². The lowest BCUT2D eigenvalue weighted by atomic mass is 9.75. The van der Waals surface area contributed by atoms with Crippen LogP contribution in [0.1, 0.15) is 17.5 Å². The first-order valence-electron chi connectivity index (χ1n) is 8.83. The molecule has 3 heteroatoms. The highest BCUT2D eigenvalue weighted by Crippen LogP contribution is 2.76. The third-order valence-corrected chi connectivity index (χ3v) is 6.35. The molecule has 25 heavy (non-hydrogen) atoms. The fraction of sp³-hybridized carbons (Fsp3) is 0.318. The third kappa shape index (κ3) is 1.95. The van der Waals surface area contributed by atoms with E-state index in [1.165, 1.54) is 23.8 Å². The van der Waals surface area contributed by atoms with Gasteiger partial charge in [0.1, 0.15) is 6.10 Å². The SMILES string of the molecule is COC(=O)O[C@@H]1C2C[C@]3(c4ccccc4)C(C=C2c2ccccc2)C13. The predicted molar refractivity (Wildman–Crippen MR) is 94.9 cm³/mol. The van der Waals surface area contributed by atoms with Crippen LogP contribution >= 0.6 is 0 Å². The summed E-state index contributed by atoms with van der Waals surface area (Å²) >= 11 is 0. The summed E-state index contributed by atoms with van der Waals surface area (Å²) in [5, 5.41) is 0. The van der Waals surface area contributed by atoms with Crippen molar-refractivity contribution in [1.29, 1.82) is 0 Å². The summed E-state index contributed by atoms with van der Waals surface area (Å²) < 4.78 is 10.5. The Morgan fingerprint density at radius 1 is 1.04 bits per heavy atom. The van der Waals surface area contributed by atoms with Gasteiger partial charge in [-0.2, -0.15) is 0 Å². The van der Waals surface area contributed by atoms with Crippen molar-refractivity contribution in [1.82, 2.24) is 0 Å². The molecule has 6 rings (SSSR count). The summed E-state index contributed by atoms with van der Waals surface area (Å²) in [6, 6.07) is 21.1. The lowest BCUT2D eigenvalue weighted by Crippen LogP contribution is -2.31. The highest BCUT2D eigenvalue weighted by molar-refractivity contribution is 5.75. The van der Waals surface area contributed by atoms with Gasteiger partial charge >= 0.3 is 6.16 Å². The fourth-order valence-electron chi connectivity index (χ4n) is 5.36. The lowest BCUT2D eigenvalue weighted by Gasteiger charge is -2.32. The van der Waals surface area contributed by atoms with E-state index >= 15 is 0 Å². The molecule has 0 radical (unpaired) electrons. The quantitative estimate of drug-likeness (QED) is 0.780. The zero-order chi connectivity index (χ0) is 17.0. The minimum atomic E-state index is -0.571. The van der Waals surface area contributed by atoms with Crippen LogP contribution in [0.3, 0.4) is 0 Å². The van der Waals surface area contributed by atoms with Crippen molar-refractivity contribution < 1.29 is 14.3 Å². The van der Waals surface area contributed by atoms with Gasteiger partial charge in [0.05, 0.1) is 7.11 Å².